The van der Waals surface area contributed by atoms with Crippen LogP contribution in [-0.4, -0.2) is 42.3 Å². The van der Waals surface area contributed by atoms with Crippen LogP contribution in [0, 0.1) is 10.5 Å². The van der Waals surface area contributed by atoms with E-state index in [1.807, 2.05) is 53.8 Å². The summed E-state index contributed by atoms with van der Waals surface area (Å²) in [4.78, 5) is 39.4. The Bertz CT molecular complexity index is 1390. The molecule has 3 aromatic carbocycles. The van der Waals surface area contributed by atoms with Crippen LogP contribution in [0.4, 0.5) is 4.79 Å². The Kier molecular flexibility index (Phi) is 8.78. The van der Waals surface area contributed by atoms with Crippen LogP contribution in [0.1, 0.15) is 21.5 Å². The summed E-state index contributed by atoms with van der Waals surface area (Å²) in [5.74, 6) is 0.290. The van der Waals surface area contributed by atoms with E-state index in [-0.39, 0.29) is 29.0 Å². The largest absolute Gasteiger partial charge is 0.493 e. The molecule has 0 bridgehead atoms. The highest BCUT2D eigenvalue weighted by Crippen LogP contribution is 2.37. The number of methoxy groups -OCH3 is 1. The van der Waals surface area contributed by atoms with Gasteiger partial charge in [-0.3, -0.25) is 14.5 Å². The van der Waals surface area contributed by atoms with E-state index >= 15 is 0 Å². The SMILES string of the molecule is COc1cc(/C=C2\SC(=O)N(CCOc3cccc(C)c3)C2=O)cc(I)c1OC(=O)c1ccc(Cl)cc1. The van der Waals surface area contributed by atoms with Crippen molar-refractivity contribution in [1.29, 1.82) is 0 Å². The first-order chi connectivity index (χ1) is 17.7. The third kappa shape index (κ3) is 6.65. The van der Waals surface area contributed by atoms with Gasteiger partial charge in [-0.15, -0.1) is 0 Å². The third-order valence-electron chi connectivity index (χ3n) is 5.27. The minimum absolute atomic E-state index is 0.135. The van der Waals surface area contributed by atoms with E-state index in [0.29, 0.717) is 31.2 Å². The second kappa shape index (κ2) is 12.0. The molecule has 0 spiro atoms. The molecule has 0 atom stereocenters. The summed E-state index contributed by atoms with van der Waals surface area (Å²) in [6, 6.07) is 17.3. The average molecular weight is 650 g/mol. The fourth-order valence-electron chi connectivity index (χ4n) is 3.46. The number of amides is 2. The Morgan fingerprint density at radius 2 is 1.86 bits per heavy atom. The average Bonchev–Trinajstić information content (AvgIpc) is 3.13. The van der Waals surface area contributed by atoms with Crippen molar-refractivity contribution in [3.63, 3.8) is 0 Å². The lowest BCUT2D eigenvalue weighted by Gasteiger charge is -2.14. The van der Waals surface area contributed by atoms with Crippen LogP contribution >= 0.6 is 46.0 Å². The van der Waals surface area contributed by atoms with Crippen LogP contribution in [-0.2, 0) is 4.79 Å². The van der Waals surface area contributed by atoms with Gasteiger partial charge in [-0.2, -0.15) is 0 Å². The summed E-state index contributed by atoms with van der Waals surface area (Å²) in [5, 5.41) is 0.149. The predicted molar refractivity (Wildman–Crippen MR) is 151 cm³/mol. The second-order valence-corrected chi connectivity index (χ2v) is 10.5. The number of rotatable bonds is 8. The normalized spacial score (nSPS) is 14.3. The molecule has 0 saturated carbocycles. The lowest BCUT2D eigenvalue weighted by atomic mass is 10.1. The summed E-state index contributed by atoms with van der Waals surface area (Å²) >= 11 is 8.77. The zero-order valence-electron chi connectivity index (χ0n) is 19.8. The molecule has 10 heteroatoms. The number of halogens is 2. The van der Waals surface area contributed by atoms with Crippen molar-refractivity contribution in [3.05, 3.63) is 90.9 Å². The maximum Gasteiger partial charge on any atom is 0.343 e. The van der Waals surface area contributed by atoms with Gasteiger partial charge in [0.05, 0.1) is 27.7 Å². The molecular formula is C27H21ClINO6S. The van der Waals surface area contributed by atoms with E-state index in [2.05, 4.69) is 0 Å². The maximum absolute atomic E-state index is 12.9. The Hall–Kier alpha value is -3.02. The topological polar surface area (TPSA) is 82.1 Å². The third-order valence-corrected chi connectivity index (χ3v) is 7.23. The number of hydrogen-bond acceptors (Lipinski definition) is 7. The van der Waals surface area contributed by atoms with Crippen molar-refractivity contribution in [2.45, 2.75) is 6.92 Å². The number of ether oxygens (including phenoxy) is 3. The standard InChI is InChI=1S/C27H21ClINO6S/c1-16-4-3-5-20(12-16)35-11-10-30-25(31)23(37-27(30)33)15-17-13-21(29)24(22(14-17)34-2)36-26(32)18-6-8-19(28)9-7-18/h3-9,12-15H,10-11H2,1-2H3/b23-15-. The molecule has 1 saturated heterocycles. The molecule has 1 aliphatic rings. The van der Waals surface area contributed by atoms with Gasteiger partial charge in [-0.05, 0) is 107 Å². The van der Waals surface area contributed by atoms with Gasteiger partial charge >= 0.3 is 5.97 Å². The van der Waals surface area contributed by atoms with Crippen molar-refractivity contribution < 1.29 is 28.6 Å². The van der Waals surface area contributed by atoms with E-state index in [0.717, 1.165) is 22.2 Å². The Labute approximate surface area is 236 Å². The number of hydrogen-bond donors (Lipinski definition) is 0. The molecule has 0 aromatic heterocycles. The van der Waals surface area contributed by atoms with Crippen LogP contribution in [0.25, 0.3) is 6.08 Å². The number of thioether (sulfide) groups is 1. The molecular weight excluding hydrogens is 629 g/mol. The van der Waals surface area contributed by atoms with Gasteiger partial charge in [0.1, 0.15) is 12.4 Å². The monoisotopic (exact) mass is 649 g/mol. The second-order valence-electron chi connectivity index (χ2n) is 7.93. The van der Waals surface area contributed by atoms with Gasteiger partial charge in [0.25, 0.3) is 11.1 Å². The van der Waals surface area contributed by atoms with Gasteiger partial charge in [0.15, 0.2) is 11.5 Å². The molecule has 37 heavy (non-hydrogen) atoms. The molecule has 0 N–H and O–H groups in total. The Morgan fingerprint density at radius 3 is 2.57 bits per heavy atom. The van der Waals surface area contributed by atoms with Crippen molar-refractivity contribution in [2.24, 2.45) is 0 Å². The molecule has 1 fully saturated rings. The highest BCUT2D eigenvalue weighted by Gasteiger charge is 2.35. The van der Waals surface area contributed by atoms with Gasteiger partial charge in [-0.25, -0.2) is 4.79 Å². The number of carbonyl (C=O) groups is 3. The smallest absolute Gasteiger partial charge is 0.343 e. The summed E-state index contributed by atoms with van der Waals surface area (Å²) in [5.41, 5.74) is 2.02. The lowest BCUT2D eigenvalue weighted by molar-refractivity contribution is -0.123. The molecule has 0 aliphatic carbocycles. The molecule has 3 aromatic rings. The minimum atomic E-state index is -0.561. The number of aryl methyl sites for hydroxylation is 1. The van der Waals surface area contributed by atoms with E-state index in [4.69, 9.17) is 25.8 Å². The molecule has 0 unspecified atom stereocenters. The zero-order valence-corrected chi connectivity index (χ0v) is 23.6. The summed E-state index contributed by atoms with van der Waals surface area (Å²) in [6.45, 7) is 2.28. The van der Waals surface area contributed by atoms with Crippen molar-refractivity contribution in [1.82, 2.24) is 4.90 Å². The number of benzene rings is 3. The van der Waals surface area contributed by atoms with Crippen LogP contribution in [0.2, 0.25) is 5.02 Å². The number of imide groups is 1. The number of carbonyl (C=O) groups excluding carboxylic acids is 3. The molecule has 190 valence electrons. The minimum Gasteiger partial charge on any atom is -0.493 e. The van der Waals surface area contributed by atoms with Crippen LogP contribution < -0.4 is 14.2 Å². The highest BCUT2D eigenvalue weighted by atomic mass is 127. The van der Waals surface area contributed by atoms with Crippen molar-refractivity contribution in [3.8, 4) is 17.2 Å². The Morgan fingerprint density at radius 1 is 1.11 bits per heavy atom. The van der Waals surface area contributed by atoms with Crippen LogP contribution in [0.3, 0.4) is 0 Å². The summed E-state index contributed by atoms with van der Waals surface area (Å²) < 4.78 is 17.3. The van der Waals surface area contributed by atoms with E-state index in [1.54, 1.807) is 42.5 Å². The lowest BCUT2D eigenvalue weighted by Crippen LogP contribution is -2.32. The predicted octanol–water partition coefficient (Wildman–Crippen LogP) is 6.60. The number of esters is 1. The van der Waals surface area contributed by atoms with Crippen molar-refractivity contribution >= 4 is 69.1 Å². The number of nitrogens with zero attached hydrogens (tertiary/aromatic N) is 1. The van der Waals surface area contributed by atoms with Crippen LogP contribution in [0.15, 0.2) is 65.6 Å². The first kappa shape index (κ1) is 27.0. The quantitative estimate of drug-likeness (QED) is 0.118. The van der Waals surface area contributed by atoms with E-state index in [9.17, 15) is 14.4 Å². The molecule has 1 heterocycles. The molecule has 7 nitrogen and oxygen atoms in total. The molecule has 4 rings (SSSR count). The fraction of sp³-hybridized carbons (Fsp3) is 0.148. The van der Waals surface area contributed by atoms with Gasteiger partial charge in [0, 0.05) is 5.02 Å². The summed E-state index contributed by atoms with van der Waals surface area (Å²) in [6.07, 6.45) is 1.61. The Balaban J connectivity index is 1.46. The molecule has 1 aliphatic heterocycles. The van der Waals surface area contributed by atoms with Gasteiger partial charge in [0.2, 0.25) is 0 Å². The first-order valence-electron chi connectivity index (χ1n) is 11.1. The summed E-state index contributed by atoms with van der Waals surface area (Å²) in [7, 11) is 1.46. The van der Waals surface area contributed by atoms with E-state index < -0.39 is 11.9 Å². The van der Waals surface area contributed by atoms with E-state index in [1.165, 1.54) is 7.11 Å². The molecule has 2 amide bonds. The van der Waals surface area contributed by atoms with Gasteiger partial charge in [-0.1, -0.05) is 23.7 Å². The zero-order chi connectivity index (χ0) is 26.5. The van der Waals surface area contributed by atoms with Crippen LogP contribution in [0.5, 0.6) is 17.2 Å². The fourth-order valence-corrected chi connectivity index (χ4v) is 5.19. The van der Waals surface area contributed by atoms with Gasteiger partial charge < -0.3 is 14.2 Å². The first-order valence-corrected chi connectivity index (χ1v) is 13.3. The highest BCUT2D eigenvalue weighted by molar-refractivity contribution is 14.1. The van der Waals surface area contributed by atoms with Crippen molar-refractivity contribution in [2.75, 3.05) is 20.3 Å². The molecule has 0 radical (unpaired) electrons. The maximum atomic E-state index is 12.9.